The van der Waals surface area contributed by atoms with Crippen molar-refractivity contribution in [1.29, 1.82) is 0 Å². The zero-order valence-corrected chi connectivity index (χ0v) is 15.4. The smallest absolute Gasteiger partial charge is 0.255 e. The number of aryl methyl sites for hydroxylation is 2. The Labute approximate surface area is 154 Å². The van der Waals surface area contributed by atoms with Gasteiger partial charge in [-0.3, -0.25) is 9.69 Å². The minimum Gasteiger partial charge on any atom is -0.379 e. The van der Waals surface area contributed by atoms with E-state index in [1.165, 1.54) is 5.56 Å². The van der Waals surface area contributed by atoms with Gasteiger partial charge >= 0.3 is 0 Å². The molecule has 0 spiro atoms. The lowest BCUT2D eigenvalue weighted by atomic mass is 10.1. The molecule has 0 radical (unpaired) electrons. The summed E-state index contributed by atoms with van der Waals surface area (Å²) < 4.78 is 5.34. The van der Waals surface area contributed by atoms with Gasteiger partial charge in [-0.1, -0.05) is 6.07 Å². The molecule has 1 aromatic carbocycles. The average Bonchev–Trinajstić information content (AvgIpc) is 2.66. The molecule has 2 N–H and O–H groups in total. The van der Waals surface area contributed by atoms with Crippen molar-refractivity contribution in [2.45, 2.75) is 13.8 Å². The van der Waals surface area contributed by atoms with Crippen LogP contribution in [0.25, 0.3) is 0 Å². The molecule has 0 unspecified atom stereocenters. The van der Waals surface area contributed by atoms with Crippen molar-refractivity contribution in [3.63, 3.8) is 0 Å². The van der Waals surface area contributed by atoms with Crippen LogP contribution in [0.15, 0.2) is 36.5 Å². The Balaban J connectivity index is 1.49. The van der Waals surface area contributed by atoms with E-state index >= 15 is 0 Å². The lowest BCUT2D eigenvalue weighted by Crippen LogP contribution is -2.39. The molecule has 0 aliphatic carbocycles. The number of nitrogens with zero attached hydrogens (tertiary/aromatic N) is 2. The highest BCUT2D eigenvalue weighted by Gasteiger charge is 2.10. The Morgan fingerprint density at radius 2 is 1.96 bits per heavy atom. The first kappa shape index (κ1) is 18.4. The Hall–Kier alpha value is -2.44. The maximum atomic E-state index is 12.3. The fourth-order valence-corrected chi connectivity index (χ4v) is 2.83. The second kappa shape index (κ2) is 8.78. The summed E-state index contributed by atoms with van der Waals surface area (Å²) in [7, 11) is 0. The van der Waals surface area contributed by atoms with Crippen LogP contribution < -0.4 is 10.6 Å². The number of carbonyl (C=O) groups is 1. The number of morpholine rings is 1. The van der Waals surface area contributed by atoms with E-state index in [0.717, 1.165) is 50.8 Å². The van der Waals surface area contributed by atoms with Gasteiger partial charge in [0.15, 0.2) is 0 Å². The van der Waals surface area contributed by atoms with E-state index in [1.54, 1.807) is 6.20 Å². The summed E-state index contributed by atoms with van der Waals surface area (Å²) in [6.07, 6.45) is 1.68. The molecule has 2 aromatic rings. The standard InChI is InChI=1S/C20H26N4O2/c1-15-3-4-17(13-16(15)2)20(25)23-18-5-6-19(22-14-18)21-7-8-24-9-11-26-12-10-24/h3-6,13-14H,7-12H2,1-2H3,(H,21,22)(H,23,25). The van der Waals surface area contributed by atoms with Gasteiger partial charge in [-0.25, -0.2) is 4.98 Å². The number of pyridine rings is 1. The number of rotatable bonds is 6. The highest BCUT2D eigenvalue weighted by molar-refractivity contribution is 6.04. The van der Waals surface area contributed by atoms with Crippen LogP contribution in [0, 0.1) is 13.8 Å². The van der Waals surface area contributed by atoms with Crippen molar-refractivity contribution < 1.29 is 9.53 Å². The third-order valence-electron chi connectivity index (χ3n) is 4.63. The number of benzene rings is 1. The summed E-state index contributed by atoms with van der Waals surface area (Å²) in [6, 6.07) is 9.45. The first-order valence-corrected chi connectivity index (χ1v) is 9.00. The topological polar surface area (TPSA) is 66.5 Å². The zero-order chi connectivity index (χ0) is 18.4. The summed E-state index contributed by atoms with van der Waals surface area (Å²) in [5, 5.41) is 6.20. The van der Waals surface area contributed by atoms with Gasteiger partial charge in [-0.15, -0.1) is 0 Å². The molecule has 1 aromatic heterocycles. The summed E-state index contributed by atoms with van der Waals surface area (Å²) >= 11 is 0. The third-order valence-corrected chi connectivity index (χ3v) is 4.63. The minimum absolute atomic E-state index is 0.122. The number of hydrogen-bond acceptors (Lipinski definition) is 5. The molecule has 0 saturated carbocycles. The van der Waals surface area contributed by atoms with Crippen LogP contribution in [0.1, 0.15) is 21.5 Å². The van der Waals surface area contributed by atoms with Crippen molar-refractivity contribution in [2.75, 3.05) is 50.0 Å². The highest BCUT2D eigenvalue weighted by atomic mass is 16.5. The summed E-state index contributed by atoms with van der Waals surface area (Å²) in [5.74, 6) is 0.686. The first-order valence-electron chi connectivity index (χ1n) is 9.00. The molecule has 1 fully saturated rings. The van der Waals surface area contributed by atoms with Gasteiger partial charge in [0.2, 0.25) is 0 Å². The Kier molecular flexibility index (Phi) is 6.20. The van der Waals surface area contributed by atoms with Crippen LogP contribution in [0.2, 0.25) is 0 Å². The van der Waals surface area contributed by atoms with Gasteiger partial charge < -0.3 is 15.4 Å². The molecule has 2 heterocycles. The van der Waals surface area contributed by atoms with Crippen LogP contribution in [0.5, 0.6) is 0 Å². The van der Waals surface area contributed by atoms with Crippen LogP contribution in [0.4, 0.5) is 11.5 Å². The van der Waals surface area contributed by atoms with Crippen molar-refractivity contribution >= 4 is 17.4 Å². The number of carbonyl (C=O) groups excluding carboxylic acids is 1. The molecular weight excluding hydrogens is 328 g/mol. The largest absolute Gasteiger partial charge is 0.379 e. The van der Waals surface area contributed by atoms with Crippen LogP contribution >= 0.6 is 0 Å². The number of hydrogen-bond donors (Lipinski definition) is 2. The van der Waals surface area contributed by atoms with E-state index in [1.807, 2.05) is 44.2 Å². The number of amides is 1. The molecule has 0 atom stereocenters. The van der Waals surface area contributed by atoms with Crippen LogP contribution in [0.3, 0.4) is 0 Å². The van der Waals surface area contributed by atoms with E-state index in [2.05, 4.69) is 20.5 Å². The van der Waals surface area contributed by atoms with Gasteiger partial charge in [0.05, 0.1) is 25.1 Å². The summed E-state index contributed by atoms with van der Waals surface area (Å²) in [5.41, 5.74) is 3.62. The summed E-state index contributed by atoms with van der Waals surface area (Å²) in [4.78, 5) is 19.1. The Morgan fingerprint density at radius 1 is 1.15 bits per heavy atom. The quantitative estimate of drug-likeness (QED) is 0.835. The molecule has 1 saturated heterocycles. The molecule has 1 aliphatic rings. The predicted molar refractivity (Wildman–Crippen MR) is 104 cm³/mol. The Bertz CT molecular complexity index is 740. The highest BCUT2D eigenvalue weighted by Crippen LogP contribution is 2.14. The maximum Gasteiger partial charge on any atom is 0.255 e. The predicted octanol–water partition coefficient (Wildman–Crippen LogP) is 2.69. The van der Waals surface area contributed by atoms with E-state index in [-0.39, 0.29) is 5.91 Å². The third kappa shape index (κ3) is 5.03. The van der Waals surface area contributed by atoms with E-state index in [9.17, 15) is 4.79 Å². The van der Waals surface area contributed by atoms with Crippen LogP contribution in [-0.4, -0.2) is 55.2 Å². The van der Waals surface area contributed by atoms with E-state index in [4.69, 9.17) is 4.74 Å². The molecule has 1 aliphatic heterocycles. The van der Waals surface area contributed by atoms with Crippen molar-refractivity contribution in [2.24, 2.45) is 0 Å². The summed E-state index contributed by atoms with van der Waals surface area (Å²) in [6.45, 7) is 9.44. The lowest BCUT2D eigenvalue weighted by Gasteiger charge is -2.26. The van der Waals surface area contributed by atoms with Gasteiger partial charge in [0.25, 0.3) is 5.91 Å². The van der Waals surface area contributed by atoms with Crippen LogP contribution in [-0.2, 0) is 4.74 Å². The maximum absolute atomic E-state index is 12.3. The van der Waals surface area contributed by atoms with E-state index < -0.39 is 0 Å². The number of aromatic nitrogens is 1. The number of ether oxygens (including phenoxy) is 1. The molecule has 26 heavy (non-hydrogen) atoms. The molecule has 138 valence electrons. The van der Waals surface area contributed by atoms with Crippen molar-refractivity contribution in [3.05, 3.63) is 53.2 Å². The molecule has 1 amide bonds. The molecule has 6 nitrogen and oxygen atoms in total. The SMILES string of the molecule is Cc1ccc(C(=O)Nc2ccc(NCCN3CCOCC3)nc2)cc1C. The average molecular weight is 354 g/mol. The van der Waals surface area contributed by atoms with E-state index in [0.29, 0.717) is 11.3 Å². The van der Waals surface area contributed by atoms with Gasteiger partial charge in [0, 0.05) is 31.7 Å². The molecule has 6 heteroatoms. The zero-order valence-electron chi connectivity index (χ0n) is 15.4. The number of nitrogens with one attached hydrogen (secondary N) is 2. The van der Waals surface area contributed by atoms with Gasteiger partial charge in [-0.2, -0.15) is 0 Å². The number of anilines is 2. The molecule has 3 rings (SSSR count). The first-order chi connectivity index (χ1) is 12.6. The second-order valence-corrected chi connectivity index (χ2v) is 6.57. The molecular formula is C20H26N4O2. The minimum atomic E-state index is -0.122. The monoisotopic (exact) mass is 354 g/mol. The fraction of sp³-hybridized carbons (Fsp3) is 0.400. The normalized spacial score (nSPS) is 14.8. The van der Waals surface area contributed by atoms with Gasteiger partial charge in [0.1, 0.15) is 5.82 Å². The van der Waals surface area contributed by atoms with Crippen molar-refractivity contribution in [1.82, 2.24) is 9.88 Å². The fourth-order valence-electron chi connectivity index (χ4n) is 2.83. The van der Waals surface area contributed by atoms with Gasteiger partial charge in [-0.05, 0) is 49.2 Å². The van der Waals surface area contributed by atoms with Crippen molar-refractivity contribution in [3.8, 4) is 0 Å². The second-order valence-electron chi connectivity index (χ2n) is 6.57. The molecule has 0 bridgehead atoms. The lowest BCUT2D eigenvalue weighted by molar-refractivity contribution is 0.0398. The Morgan fingerprint density at radius 3 is 2.65 bits per heavy atom.